The van der Waals surface area contributed by atoms with Crippen molar-refractivity contribution >= 4 is 23.8 Å². The van der Waals surface area contributed by atoms with Gasteiger partial charge in [0.1, 0.15) is 0 Å². The lowest BCUT2D eigenvalue weighted by atomic mass is 10.1. The second-order valence-electron chi connectivity index (χ2n) is 7.57. The summed E-state index contributed by atoms with van der Waals surface area (Å²) < 4.78 is 10.8. The van der Waals surface area contributed by atoms with Gasteiger partial charge in [0.15, 0.2) is 14.4 Å². The fourth-order valence-electron chi connectivity index (χ4n) is 3.77. The Morgan fingerprint density at radius 3 is 1.75 bits per heavy atom. The summed E-state index contributed by atoms with van der Waals surface area (Å²) in [5.74, 6) is 0.312. The van der Waals surface area contributed by atoms with Crippen LogP contribution in [0.1, 0.15) is 19.8 Å². The highest BCUT2D eigenvalue weighted by atomic mass is 28.3. The van der Waals surface area contributed by atoms with E-state index in [0.717, 1.165) is 12.8 Å². The number of hydrogen-bond donors (Lipinski definition) is 0. The lowest BCUT2D eigenvalue weighted by Crippen LogP contribution is -2.64. The van der Waals surface area contributed by atoms with Crippen LogP contribution in [0, 0.1) is 5.92 Å². The van der Waals surface area contributed by atoms with Crippen LogP contribution in [0.15, 0.2) is 65.8 Å². The van der Waals surface area contributed by atoms with E-state index in [-0.39, 0.29) is 6.29 Å². The highest BCUT2D eigenvalue weighted by Gasteiger charge is 2.40. The summed E-state index contributed by atoms with van der Waals surface area (Å²) in [4.78, 5) is 0. The first kappa shape index (κ1) is 22.3. The Balaban J connectivity index is 2.52. The van der Waals surface area contributed by atoms with Gasteiger partial charge in [0, 0.05) is 33.6 Å². The van der Waals surface area contributed by atoms with Gasteiger partial charge in [-0.15, -0.1) is 0 Å². The van der Waals surface area contributed by atoms with E-state index < -0.39 is 8.07 Å². The smallest absolute Gasteiger partial charge is 0.165 e. The lowest BCUT2D eigenvalue weighted by molar-refractivity contribution is -0.107. The molecule has 4 nitrogen and oxygen atoms in total. The van der Waals surface area contributed by atoms with Crippen LogP contribution in [0.2, 0.25) is 6.55 Å². The predicted molar refractivity (Wildman–Crippen MR) is 121 cm³/mol. The van der Waals surface area contributed by atoms with Crippen molar-refractivity contribution in [3.8, 4) is 0 Å². The molecule has 0 bridgehead atoms. The SMILES string of the molecule is COC(CCC(C)/C(=N/N(C)C)[Si](C)(c1ccccc1)c1ccccc1)OC. The fraction of sp³-hybridized carbons (Fsp3) is 0.435. The molecule has 0 aromatic heterocycles. The third-order valence-corrected chi connectivity index (χ3v) is 9.94. The third kappa shape index (κ3) is 5.31. The van der Waals surface area contributed by atoms with Crippen LogP contribution in [0.25, 0.3) is 0 Å². The van der Waals surface area contributed by atoms with E-state index >= 15 is 0 Å². The molecule has 0 aliphatic carbocycles. The zero-order valence-electron chi connectivity index (χ0n) is 18.1. The van der Waals surface area contributed by atoms with Crippen molar-refractivity contribution in [1.29, 1.82) is 0 Å². The quantitative estimate of drug-likeness (QED) is 0.266. The van der Waals surface area contributed by atoms with Crippen LogP contribution in [0.3, 0.4) is 0 Å². The molecule has 0 saturated carbocycles. The summed E-state index contributed by atoms with van der Waals surface area (Å²) >= 11 is 0. The van der Waals surface area contributed by atoms with E-state index in [9.17, 15) is 0 Å². The molecule has 0 aliphatic heterocycles. The monoisotopic (exact) mass is 398 g/mol. The first-order valence-electron chi connectivity index (χ1n) is 9.86. The van der Waals surface area contributed by atoms with Crippen molar-refractivity contribution in [3.63, 3.8) is 0 Å². The van der Waals surface area contributed by atoms with Gasteiger partial charge in [-0.2, -0.15) is 5.10 Å². The Hall–Kier alpha value is -1.95. The third-order valence-electron chi connectivity index (χ3n) is 5.35. The van der Waals surface area contributed by atoms with Crippen molar-refractivity contribution in [2.24, 2.45) is 11.0 Å². The van der Waals surface area contributed by atoms with Gasteiger partial charge in [0.2, 0.25) is 0 Å². The molecule has 152 valence electrons. The van der Waals surface area contributed by atoms with E-state index in [1.54, 1.807) is 14.2 Å². The average Bonchev–Trinajstić information content (AvgIpc) is 2.73. The maximum Gasteiger partial charge on any atom is 0.165 e. The number of hydrazone groups is 1. The summed E-state index contributed by atoms with van der Waals surface area (Å²) in [7, 11) is 5.18. The number of benzene rings is 2. The highest BCUT2D eigenvalue weighted by Crippen LogP contribution is 2.20. The average molecular weight is 399 g/mol. The van der Waals surface area contributed by atoms with Gasteiger partial charge >= 0.3 is 0 Å². The van der Waals surface area contributed by atoms with Gasteiger partial charge in [-0.1, -0.05) is 74.1 Å². The molecule has 0 aliphatic rings. The Labute approximate surface area is 171 Å². The van der Waals surface area contributed by atoms with Gasteiger partial charge in [-0.05, 0) is 29.1 Å². The lowest BCUT2D eigenvalue weighted by Gasteiger charge is -2.34. The molecular formula is C23H34N2O2Si. The summed E-state index contributed by atoms with van der Waals surface area (Å²) in [5.41, 5.74) is 0. The van der Waals surface area contributed by atoms with Crippen LogP contribution >= 0.6 is 0 Å². The van der Waals surface area contributed by atoms with Crippen molar-refractivity contribution in [2.75, 3.05) is 28.3 Å². The van der Waals surface area contributed by atoms with E-state index in [1.807, 2.05) is 19.1 Å². The Morgan fingerprint density at radius 1 is 0.893 bits per heavy atom. The van der Waals surface area contributed by atoms with E-state index in [0.29, 0.717) is 5.92 Å². The van der Waals surface area contributed by atoms with Crippen LogP contribution in [0.5, 0.6) is 0 Å². The molecule has 0 fully saturated rings. The number of hydrogen-bond acceptors (Lipinski definition) is 4. The molecule has 0 radical (unpaired) electrons. The zero-order valence-corrected chi connectivity index (χ0v) is 19.1. The second-order valence-corrected chi connectivity index (χ2v) is 11.5. The molecule has 28 heavy (non-hydrogen) atoms. The highest BCUT2D eigenvalue weighted by molar-refractivity contribution is 7.22. The molecule has 0 heterocycles. The topological polar surface area (TPSA) is 34.1 Å². The maximum atomic E-state index is 5.40. The fourth-order valence-corrected chi connectivity index (χ4v) is 7.94. The summed E-state index contributed by atoms with van der Waals surface area (Å²) in [6, 6.07) is 21.7. The van der Waals surface area contributed by atoms with E-state index in [2.05, 4.69) is 74.1 Å². The largest absolute Gasteiger partial charge is 0.356 e. The van der Waals surface area contributed by atoms with Crippen molar-refractivity contribution < 1.29 is 9.47 Å². The molecule has 1 atom stereocenters. The Kier molecular flexibility index (Phi) is 8.42. The number of nitrogens with zero attached hydrogens (tertiary/aromatic N) is 2. The van der Waals surface area contributed by atoms with Gasteiger partial charge in [0.25, 0.3) is 0 Å². The minimum atomic E-state index is -2.22. The summed E-state index contributed by atoms with van der Waals surface area (Å²) in [6.07, 6.45) is 1.63. The zero-order chi connectivity index (χ0) is 20.6. The first-order chi connectivity index (χ1) is 13.4. The molecule has 2 rings (SSSR count). The first-order valence-corrected chi connectivity index (χ1v) is 12.4. The van der Waals surface area contributed by atoms with Gasteiger partial charge in [-0.3, -0.25) is 0 Å². The van der Waals surface area contributed by atoms with E-state index in [1.165, 1.54) is 15.7 Å². The van der Waals surface area contributed by atoms with Crippen LogP contribution in [0.4, 0.5) is 0 Å². The molecule has 0 N–H and O–H groups in total. The second kappa shape index (κ2) is 10.6. The predicted octanol–water partition coefficient (Wildman–Crippen LogP) is 3.37. The maximum absolute atomic E-state index is 5.40. The standard InChI is InChI=1S/C23H34N2O2Si/c1-19(17-18-22(26-4)27-5)23(24-25(2)3)28(6,20-13-9-7-10-14-20)21-15-11-8-12-16-21/h7-16,19,22H,17-18H2,1-6H3/b24-23-. The normalized spacial score (nSPS) is 13.6. The van der Waals surface area contributed by atoms with Crippen molar-refractivity contribution in [1.82, 2.24) is 5.01 Å². The van der Waals surface area contributed by atoms with Crippen molar-refractivity contribution in [3.05, 3.63) is 60.7 Å². The molecule has 0 spiro atoms. The van der Waals surface area contributed by atoms with Crippen LogP contribution in [-0.4, -0.2) is 53.0 Å². The van der Waals surface area contributed by atoms with Crippen LogP contribution < -0.4 is 10.4 Å². The summed E-state index contributed by atoms with van der Waals surface area (Å²) in [6.45, 7) is 4.70. The Morgan fingerprint density at radius 2 is 1.36 bits per heavy atom. The Bertz CT molecular complexity index is 691. The molecule has 2 aromatic carbocycles. The molecular weight excluding hydrogens is 364 g/mol. The molecule has 0 saturated heterocycles. The van der Waals surface area contributed by atoms with Crippen molar-refractivity contribution in [2.45, 2.75) is 32.6 Å². The minimum Gasteiger partial charge on any atom is -0.356 e. The van der Waals surface area contributed by atoms with Gasteiger partial charge < -0.3 is 14.5 Å². The van der Waals surface area contributed by atoms with Gasteiger partial charge in [0.05, 0.1) is 0 Å². The molecule has 0 amide bonds. The summed E-state index contributed by atoms with van der Waals surface area (Å²) in [5, 5.41) is 11.0. The minimum absolute atomic E-state index is 0.176. The number of ether oxygens (including phenoxy) is 2. The number of rotatable bonds is 10. The van der Waals surface area contributed by atoms with Gasteiger partial charge in [-0.25, -0.2) is 0 Å². The van der Waals surface area contributed by atoms with Crippen LogP contribution in [-0.2, 0) is 9.47 Å². The van der Waals surface area contributed by atoms with E-state index in [4.69, 9.17) is 14.6 Å². The molecule has 5 heteroatoms. The molecule has 2 aromatic rings. The molecule has 1 unspecified atom stereocenters. The number of methoxy groups -OCH3 is 2.